The zero-order chi connectivity index (χ0) is 32.3. The van der Waals surface area contributed by atoms with E-state index in [2.05, 4.69) is 0 Å². The first kappa shape index (κ1) is 30.9. The van der Waals surface area contributed by atoms with Gasteiger partial charge in [-0.3, -0.25) is 19.2 Å². The van der Waals surface area contributed by atoms with Gasteiger partial charge in [0, 0.05) is 46.5 Å². The number of carbonyl (C=O) groups excluding carboxylic acids is 4. The highest BCUT2D eigenvalue weighted by atomic mass is 16.5. The number of hydrogen-bond donors (Lipinski definition) is 4. The van der Waals surface area contributed by atoms with Crippen LogP contribution in [0.3, 0.4) is 0 Å². The van der Waals surface area contributed by atoms with Crippen LogP contribution in [-0.4, -0.2) is 72.0 Å². The zero-order valence-electron chi connectivity index (χ0n) is 23.8. The highest BCUT2D eigenvalue weighted by Gasteiger charge is 2.28. The van der Waals surface area contributed by atoms with Crippen molar-refractivity contribution in [1.29, 1.82) is 0 Å². The molecule has 0 aliphatic rings. The Morgan fingerprint density at radius 1 is 0.409 bits per heavy atom. The van der Waals surface area contributed by atoms with Crippen molar-refractivity contribution in [2.75, 3.05) is 28.4 Å². The molecule has 4 N–H and O–H groups in total. The molecule has 0 spiro atoms. The number of benzene rings is 4. The molecule has 226 valence electrons. The van der Waals surface area contributed by atoms with E-state index in [9.17, 15) is 39.6 Å². The number of aromatic hydroxyl groups is 4. The van der Waals surface area contributed by atoms with Crippen LogP contribution in [-0.2, 0) is 0 Å². The molecule has 0 bridgehead atoms. The summed E-state index contributed by atoms with van der Waals surface area (Å²) in [7, 11) is 5.42. The third-order valence-corrected chi connectivity index (χ3v) is 6.65. The van der Waals surface area contributed by atoms with Gasteiger partial charge in [0.1, 0.15) is 46.0 Å². The number of phenols is 4. The van der Waals surface area contributed by atoms with Crippen LogP contribution < -0.4 is 18.9 Å². The third-order valence-electron chi connectivity index (χ3n) is 6.65. The maximum absolute atomic E-state index is 13.2. The van der Waals surface area contributed by atoms with Gasteiger partial charge < -0.3 is 39.4 Å². The van der Waals surface area contributed by atoms with Gasteiger partial charge >= 0.3 is 0 Å². The number of carbonyl (C=O) groups is 4. The first-order valence-electron chi connectivity index (χ1n) is 12.7. The predicted molar refractivity (Wildman–Crippen MR) is 155 cm³/mol. The minimum atomic E-state index is -1.18. The molecule has 0 aromatic heterocycles. The summed E-state index contributed by atoms with van der Waals surface area (Å²) in [4.78, 5) is 52.7. The summed E-state index contributed by atoms with van der Waals surface area (Å²) in [5.41, 5.74) is -1.94. The molecule has 0 amide bonds. The number of hydrogen-bond acceptors (Lipinski definition) is 12. The Balaban J connectivity index is 1.77. The average molecular weight is 603 g/mol. The molecule has 12 nitrogen and oxygen atoms in total. The lowest BCUT2D eigenvalue weighted by atomic mass is 9.92. The van der Waals surface area contributed by atoms with E-state index in [1.54, 1.807) is 0 Å². The van der Waals surface area contributed by atoms with Gasteiger partial charge in [0.25, 0.3) is 0 Å². The van der Waals surface area contributed by atoms with E-state index in [1.165, 1.54) is 64.8 Å². The molecule has 0 fully saturated rings. The Kier molecular flexibility index (Phi) is 8.75. The van der Waals surface area contributed by atoms with Gasteiger partial charge in [-0.15, -0.1) is 0 Å². The Hall–Kier alpha value is -6.04. The molecular weight excluding hydrogens is 576 g/mol. The molecule has 0 saturated heterocycles. The van der Waals surface area contributed by atoms with Crippen LogP contribution in [0.1, 0.15) is 41.4 Å². The monoisotopic (exact) mass is 602 g/mol. The standard InChI is InChI=1S/C32H26O12/c1-41-17-5-15(6-18(9-17)42-2)29(37)31(39)23-11-21(25(33)13-27(23)35)22-12-24(28(36)14-26(22)34)32(40)30(38)16-7-19(43-3)10-20(8-16)44-4/h5-14,33-36H,1-4H3. The van der Waals surface area contributed by atoms with E-state index in [0.717, 1.165) is 24.3 Å². The number of Topliss-reactive ketones (excluding diaryl/α,β-unsaturated/α-hetero) is 4. The molecule has 44 heavy (non-hydrogen) atoms. The molecular formula is C32H26O12. The van der Waals surface area contributed by atoms with Crippen molar-refractivity contribution in [2.45, 2.75) is 0 Å². The van der Waals surface area contributed by atoms with Crippen LogP contribution in [0.2, 0.25) is 0 Å². The van der Waals surface area contributed by atoms with E-state index in [-0.39, 0.29) is 45.3 Å². The number of ether oxygens (including phenoxy) is 4. The second-order valence-electron chi connectivity index (χ2n) is 9.29. The lowest BCUT2D eigenvalue weighted by Crippen LogP contribution is -2.16. The predicted octanol–water partition coefficient (Wildman–Crippen LogP) is 4.34. The number of rotatable bonds is 11. The third kappa shape index (κ3) is 5.95. The van der Waals surface area contributed by atoms with Crippen LogP contribution >= 0.6 is 0 Å². The lowest BCUT2D eigenvalue weighted by molar-refractivity contribution is 0.0814. The molecule has 0 heterocycles. The van der Waals surface area contributed by atoms with Gasteiger partial charge in [-0.25, -0.2) is 0 Å². The minimum Gasteiger partial charge on any atom is -0.507 e. The topological polar surface area (TPSA) is 186 Å². The molecule has 0 radical (unpaired) electrons. The van der Waals surface area contributed by atoms with Crippen LogP contribution in [0, 0.1) is 0 Å². The van der Waals surface area contributed by atoms with Crippen LogP contribution in [0.25, 0.3) is 11.1 Å². The zero-order valence-corrected chi connectivity index (χ0v) is 23.8. The summed E-state index contributed by atoms with van der Waals surface area (Å²) in [5, 5.41) is 42.2. The first-order valence-corrected chi connectivity index (χ1v) is 12.7. The van der Waals surface area contributed by atoms with Crippen molar-refractivity contribution in [3.8, 4) is 57.1 Å². The van der Waals surface area contributed by atoms with E-state index < -0.39 is 57.3 Å². The maximum atomic E-state index is 13.2. The van der Waals surface area contributed by atoms with Gasteiger partial charge in [0.2, 0.25) is 23.1 Å². The molecule has 0 unspecified atom stereocenters. The summed E-state index contributed by atoms with van der Waals surface area (Å²) in [6.45, 7) is 0. The summed E-state index contributed by atoms with van der Waals surface area (Å²) >= 11 is 0. The SMILES string of the molecule is COc1cc(OC)cc(C(=O)C(=O)c2cc(-c3cc(C(=O)C(=O)c4cc(OC)cc(OC)c4)c(O)cc3O)c(O)cc2O)c1. The van der Waals surface area contributed by atoms with Gasteiger partial charge in [-0.1, -0.05) is 0 Å². The summed E-state index contributed by atoms with van der Waals surface area (Å²) in [6.07, 6.45) is 0. The fourth-order valence-corrected chi connectivity index (χ4v) is 4.33. The van der Waals surface area contributed by atoms with E-state index in [1.807, 2.05) is 0 Å². The Labute approximate surface area is 250 Å². The quantitative estimate of drug-likeness (QED) is 0.141. The van der Waals surface area contributed by atoms with Crippen molar-refractivity contribution < 1.29 is 58.6 Å². The summed E-state index contributed by atoms with van der Waals surface area (Å²) < 4.78 is 20.5. The molecule has 12 heteroatoms. The molecule has 0 atom stereocenters. The van der Waals surface area contributed by atoms with Gasteiger partial charge in [-0.2, -0.15) is 0 Å². The van der Waals surface area contributed by atoms with E-state index in [4.69, 9.17) is 18.9 Å². The van der Waals surface area contributed by atoms with Crippen molar-refractivity contribution in [3.63, 3.8) is 0 Å². The van der Waals surface area contributed by atoms with Crippen molar-refractivity contribution in [2.24, 2.45) is 0 Å². The van der Waals surface area contributed by atoms with Gasteiger partial charge in [0.15, 0.2) is 0 Å². The fraction of sp³-hybridized carbons (Fsp3) is 0.125. The Morgan fingerprint density at radius 3 is 0.977 bits per heavy atom. The summed E-state index contributed by atoms with van der Waals surface area (Å²) in [5.74, 6) is -6.39. The minimum absolute atomic E-state index is 0.117. The second kappa shape index (κ2) is 12.4. The summed E-state index contributed by atoms with van der Waals surface area (Å²) in [6, 6.07) is 11.5. The van der Waals surface area contributed by atoms with Crippen molar-refractivity contribution in [1.82, 2.24) is 0 Å². The molecule has 4 rings (SSSR count). The molecule has 0 aliphatic heterocycles. The van der Waals surface area contributed by atoms with E-state index in [0.29, 0.717) is 0 Å². The highest BCUT2D eigenvalue weighted by molar-refractivity contribution is 6.50. The largest absolute Gasteiger partial charge is 0.507 e. The normalized spacial score (nSPS) is 10.5. The van der Waals surface area contributed by atoms with Gasteiger partial charge in [-0.05, 0) is 36.4 Å². The van der Waals surface area contributed by atoms with Crippen LogP contribution in [0.4, 0.5) is 0 Å². The number of ketones is 4. The number of phenolic OH excluding ortho intramolecular Hbond substituents is 4. The van der Waals surface area contributed by atoms with Crippen LogP contribution in [0.15, 0.2) is 60.7 Å². The fourth-order valence-electron chi connectivity index (χ4n) is 4.33. The first-order chi connectivity index (χ1) is 20.9. The Bertz CT molecular complexity index is 1650. The Morgan fingerprint density at radius 2 is 0.705 bits per heavy atom. The number of methoxy groups -OCH3 is 4. The van der Waals surface area contributed by atoms with E-state index >= 15 is 0 Å². The average Bonchev–Trinajstić information content (AvgIpc) is 3.03. The van der Waals surface area contributed by atoms with Crippen molar-refractivity contribution in [3.05, 3.63) is 82.9 Å². The lowest BCUT2D eigenvalue weighted by Gasteiger charge is -2.14. The molecule has 4 aromatic rings. The maximum Gasteiger partial charge on any atom is 0.237 e. The van der Waals surface area contributed by atoms with Crippen LogP contribution in [0.5, 0.6) is 46.0 Å². The molecule has 0 aliphatic carbocycles. The smallest absolute Gasteiger partial charge is 0.237 e. The molecule has 4 aromatic carbocycles. The highest BCUT2D eigenvalue weighted by Crippen LogP contribution is 2.42. The van der Waals surface area contributed by atoms with Crippen molar-refractivity contribution >= 4 is 23.1 Å². The molecule has 0 saturated carbocycles. The van der Waals surface area contributed by atoms with Gasteiger partial charge in [0.05, 0.1) is 39.6 Å². The second-order valence-corrected chi connectivity index (χ2v) is 9.29.